The number of rotatable bonds is 6. The lowest BCUT2D eigenvalue weighted by molar-refractivity contribution is -0.152. The zero-order valence-corrected chi connectivity index (χ0v) is 18.1. The third kappa shape index (κ3) is 5.28. The van der Waals surface area contributed by atoms with E-state index in [1.807, 2.05) is 23.1 Å². The summed E-state index contributed by atoms with van der Waals surface area (Å²) >= 11 is 0. The summed E-state index contributed by atoms with van der Waals surface area (Å²) in [7, 11) is 0. The molecule has 2 aliphatic heterocycles. The molecule has 0 radical (unpaired) electrons. The molecule has 5 nitrogen and oxygen atoms in total. The number of nitrogens with zero attached hydrogens (tertiary/aromatic N) is 2. The van der Waals surface area contributed by atoms with Crippen molar-refractivity contribution < 1.29 is 18.7 Å². The molecule has 0 aromatic heterocycles. The van der Waals surface area contributed by atoms with E-state index in [1.165, 1.54) is 6.07 Å². The number of hydrogen-bond donors (Lipinski definition) is 0. The second-order valence-electron chi connectivity index (χ2n) is 8.52. The summed E-state index contributed by atoms with van der Waals surface area (Å²) in [4.78, 5) is 29.6. The number of esters is 1. The number of amides is 1. The number of carbonyl (C=O) groups is 2. The van der Waals surface area contributed by atoms with E-state index in [1.54, 1.807) is 13.8 Å². The number of hydrogen-bond acceptors (Lipinski definition) is 4. The molecule has 2 fully saturated rings. The Balaban J connectivity index is 1.74. The Hall–Kier alpha value is -2.21. The number of halogens is 1. The third-order valence-corrected chi connectivity index (χ3v) is 6.27. The maximum Gasteiger partial charge on any atom is 0.310 e. The highest BCUT2D eigenvalue weighted by molar-refractivity contribution is 5.81. The van der Waals surface area contributed by atoms with Crippen LogP contribution in [0, 0.1) is 24.6 Å². The third-order valence-electron chi connectivity index (χ3n) is 6.27. The summed E-state index contributed by atoms with van der Waals surface area (Å²) in [5.74, 6) is -0.504. The van der Waals surface area contributed by atoms with Crippen molar-refractivity contribution in [2.45, 2.75) is 39.0 Å². The highest BCUT2D eigenvalue weighted by Gasteiger charge is 2.37. The van der Waals surface area contributed by atoms with Gasteiger partial charge in [0.15, 0.2) is 0 Å². The summed E-state index contributed by atoms with van der Waals surface area (Å²) in [5, 5.41) is 0. The topological polar surface area (TPSA) is 49.9 Å². The Morgan fingerprint density at radius 3 is 2.77 bits per heavy atom. The lowest BCUT2D eigenvalue weighted by Gasteiger charge is -2.40. The molecular weight excluding hydrogens is 383 g/mol. The van der Waals surface area contributed by atoms with Crippen LogP contribution in [0.15, 0.2) is 30.9 Å². The molecule has 2 heterocycles. The molecule has 2 aliphatic rings. The summed E-state index contributed by atoms with van der Waals surface area (Å²) in [6.45, 7) is 11.1. The largest absolute Gasteiger partial charge is 0.466 e. The standard InChI is InChI=1S/C24H33FN2O3/c1-4-10-26-14-20(18-8-9-22(25)17(3)12-18)13-21(15-26)23(28)27-11-6-7-19(16-27)24(29)30-5-2/h4,8-9,12,19-21H,1,5-7,10-11,13-16H2,2-3H3. The van der Waals surface area contributed by atoms with Gasteiger partial charge >= 0.3 is 5.97 Å². The first-order valence-electron chi connectivity index (χ1n) is 11.0. The first kappa shape index (κ1) is 22.5. The summed E-state index contributed by atoms with van der Waals surface area (Å²) < 4.78 is 18.9. The fourth-order valence-electron chi connectivity index (χ4n) is 4.75. The first-order chi connectivity index (χ1) is 14.4. The average molecular weight is 417 g/mol. The smallest absolute Gasteiger partial charge is 0.310 e. The normalized spacial score (nSPS) is 25.0. The number of ether oxygens (including phenoxy) is 1. The molecule has 0 N–H and O–H groups in total. The molecule has 1 amide bonds. The average Bonchev–Trinajstić information content (AvgIpc) is 2.75. The zero-order chi connectivity index (χ0) is 21.7. The molecule has 0 saturated carbocycles. The second kappa shape index (κ2) is 10.2. The number of piperidine rings is 2. The van der Waals surface area contributed by atoms with E-state index in [2.05, 4.69) is 11.5 Å². The van der Waals surface area contributed by atoms with Crippen molar-refractivity contribution in [3.8, 4) is 0 Å². The minimum absolute atomic E-state index is 0.113. The van der Waals surface area contributed by atoms with E-state index in [4.69, 9.17) is 4.74 Å². The lowest BCUT2D eigenvalue weighted by Crippen LogP contribution is -2.50. The SMILES string of the molecule is C=CCN1CC(C(=O)N2CCCC(C(=O)OCC)C2)CC(c2ccc(F)c(C)c2)C1. The predicted molar refractivity (Wildman–Crippen MR) is 115 cm³/mol. The molecule has 6 heteroatoms. The molecule has 0 bridgehead atoms. The minimum Gasteiger partial charge on any atom is -0.466 e. The Bertz CT molecular complexity index is 782. The molecule has 30 heavy (non-hydrogen) atoms. The van der Waals surface area contributed by atoms with Crippen LogP contribution in [-0.4, -0.2) is 61.0 Å². The van der Waals surface area contributed by atoms with Gasteiger partial charge < -0.3 is 9.64 Å². The Morgan fingerprint density at radius 1 is 1.27 bits per heavy atom. The van der Waals surface area contributed by atoms with Gasteiger partial charge in [-0.05, 0) is 56.2 Å². The van der Waals surface area contributed by atoms with Crippen LogP contribution in [0.5, 0.6) is 0 Å². The Labute approximate surface area is 178 Å². The Morgan fingerprint density at radius 2 is 2.07 bits per heavy atom. The summed E-state index contributed by atoms with van der Waals surface area (Å²) in [6.07, 6.45) is 4.18. The van der Waals surface area contributed by atoms with Crippen molar-refractivity contribution in [3.05, 3.63) is 47.8 Å². The molecule has 2 saturated heterocycles. The molecular formula is C24H33FN2O3. The highest BCUT2D eigenvalue weighted by atomic mass is 19.1. The van der Waals surface area contributed by atoms with Crippen LogP contribution in [-0.2, 0) is 14.3 Å². The molecule has 0 aliphatic carbocycles. The monoisotopic (exact) mass is 416 g/mol. The van der Waals surface area contributed by atoms with Crippen LogP contribution in [0.3, 0.4) is 0 Å². The summed E-state index contributed by atoms with van der Waals surface area (Å²) in [6, 6.07) is 5.25. The van der Waals surface area contributed by atoms with Crippen molar-refractivity contribution in [3.63, 3.8) is 0 Å². The van der Waals surface area contributed by atoms with Gasteiger partial charge in [-0.1, -0.05) is 18.2 Å². The van der Waals surface area contributed by atoms with Gasteiger partial charge in [-0.25, -0.2) is 4.39 Å². The predicted octanol–water partition coefficient (Wildman–Crippen LogP) is 3.53. The quantitative estimate of drug-likeness (QED) is 0.526. The first-order valence-corrected chi connectivity index (χ1v) is 11.0. The number of likely N-dealkylation sites (tertiary alicyclic amines) is 2. The molecule has 3 unspecified atom stereocenters. The van der Waals surface area contributed by atoms with Gasteiger partial charge in [0.1, 0.15) is 5.82 Å². The molecule has 1 aromatic rings. The van der Waals surface area contributed by atoms with Gasteiger partial charge in [-0.3, -0.25) is 14.5 Å². The molecule has 1 aromatic carbocycles. The maximum absolute atomic E-state index is 13.7. The van der Waals surface area contributed by atoms with Gasteiger partial charge in [0.05, 0.1) is 18.4 Å². The highest BCUT2D eigenvalue weighted by Crippen LogP contribution is 2.33. The Kier molecular flexibility index (Phi) is 7.64. The van der Waals surface area contributed by atoms with Crippen molar-refractivity contribution >= 4 is 11.9 Å². The van der Waals surface area contributed by atoms with Gasteiger partial charge in [0, 0.05) is 32.7 Å². The summed E-state index contributed by atoms with van der Waals surface area (Å²) in [5.41, 5.74) is 1.70. The molecule has 0 spiro atoms. The van der Waals surface area contributed by atoms with Crippen LogP contribution in [0.4, 0.5) is 4.39 Å². The van der Waals surface area contributed by atoms with Gasteiger partial charge in [0.25, 0.3) is 0 Å². The van der Waals surface area contributed by atoms with Crippen molar-refractivity contribution in [1.29, 1.82) is 0 Å². The van der Waals surface area contributed by atoms with E-state index >= 15 is 0 Å². The van der Waals surface area contributed by atoms with E-state index in [9.17, 15) is 14.0 Å². The van der Waals surface area contributed by atoms with Crippen molar-refractivity contribution in [2.75, 3.05) is 39.3 Å². The second-order valence-corrected chi connectivity index (χ2v) is 8.52. The van der Waals surface area contributed by atoms with Gasteiger partial charge in [-0.15, -0.1) is 6.58 Å². The molecule has 164 valence electrons. The molecule has 3 rings (SSSR count). The van der Waals surface area contributed by atoms with Crippen LogP contribution in [0.2, 0.25) is 0 Å². The van der Waals surface area contributed by atoms with Gasteiger partial charge in [-0.2, -0.15) is 0 Å². The molecule has 3 atom stereocenters. The lowest BCUT2D eigenvalue weighted by atomic mass is 9.83. The van der Waals surface area contributed by atoms with Crippen molar-refractivity contribution in [2.24, 2.45) is 11.8 Å². The van der Waals surface area contributed by atoms with E-state index in [0.717, 1.165) is 31.4 Å². The van der Waals surface area contributed by atoms with E-state index < -0.39 is 0 Å². The fourth-order valence-corrected chi connectivity index (χ4v) is 4.75. The van der Waals surface area contributed by atoms with Crippen LogP contribution in [0.1, 0.15) is 43.2 Å². The van der Waals surface area contributed by atoms with E-state index in [-0.39, 0.29) is 35.4 Å². The van der Waals surface area contributed by atoms with Gasteiger partial charge in [0.2, 0.25) is 5.91 Å². The number of carbonyl (C=O) groups excluding carboxylic acids is 2. The van der Waals surface area contributed by atoms with Crippen LogP contribution < -0.4 is 0 Å². The fraction of sp³-hybridized carbons (Fsp3) is 0.583. The number of benzene rings is 1. The zero-order valence-electron chi connectivity index (χ0n) is 18.1. The van der Waals surface area contributed by atoms with Crippen LogP contribution in [0.25, 0.3) is 0 Å². The van der Waals surface area contributed by atoms with Crippen molar-refractivity contribution in [1.82, 2.24) is 9.80 Å². The maximum atomic E-state index is 13.7. The van der Waals surface area contributed by atoms with E-state index in [0.29, 0.717) is 38.3 Å². The van der Waals surface area contributed by atoms with Crippen LogP contribution >= 0.6 is 0 Å². The minimum atomic E-state index is -0.230. The number of aryl methyl sites for hydroxylation is 1.